The SMILES string of the molecule is CC=CC(=O)NN(C)C(C)C. The average Bonchev–Trinajstić information content (AvgIpc) is 1.87. The van der Waals surface area contributed by atoms with Gasteiger partial charge in [0.1, 0.15) is 0 Å². The molecular weight excluding hydrogens is 140 g/mol. The molecule has 0 aliphatic rings. The number of amides is 1. The second-order valence-electron chi connectivity index (χ2n) is 2.68. The van der Waals surface area contributed by atoms with Crippen LogP contribution in [-0.4, -0.2) is 24.0 Å². The Morgan fingerprint density at radius 3 is 2.45 bits per heavy atom. The summed E-state index contributed by atoms with van der Waals surface area (Å²) in [6.07, 6.45) is 3.21. The van der Waals surface area contributed by atoms with Crippen LogP contribution in [0.25, 0.3) is 0 Å². The van der Waals surface area contributed by atoms with Gasteiger partial charge in [0.25, 0.3) is 5.91 Å². The van der Waals surface area contributed by atoms with Crippen molar-refractivity contribution in [1.82, 2.24) is 10.4 Å². The van der Waals surface area contributed by atoms with E-state index in [-0.39, 0.29) is 5.91 Å². The monoisotopic (exact) mass is 156 g/mol. The second kappa shape index (κ2) is 4.91. The van der Waals surface area contributed by atoms with E-state index in [4.69, 9.17) is 0 Å². The number of allylic oxidation sites excluding steroid dienone is 1. The molecule has 0 saturated heterocycles. The van der Waals surface area contributed by atoms with Gasteiger partial charge in [0.2, 0.25) is 0 Å². The van der Waals surface area contributed by atoms with Gasteiger partial charge < -0.3 is 0 Å². The standard InChI is InChI=1S/C8H16N2O/c1-5-6-8(11)9-10(4)7(2)3/h5-7H,1-4H3,(H,9,11). The van der Waals surface area contributed by atoms with Crippen LogP contribution in [0.1, 0.15) is 20.8 Å². The van der Waals surface area contributed by atoms with E-state index in [0.717, 1.165) is 0 Å². The van der Waals surface area contributed by atoms with Crippen molar-refractivity contribution < 1.29 is 4.79 Å². The van der Waals surface area contributed by atoms with Crippen LogP contribution in [0.5, 0.6) is 0 Å². The van der Waals surface area contributed by atoms with Crippen LogP contribution in [0.4, 0.5) is 0 Å². The lowest BCUT2D eigenvalue weighted by molar-refractivity contribution is -0.121. The first-order valence-corrected chi connectivity index (χ1v) is 3.74. The summed E-state index contributed by atoms with van der Waals surface area (Å²) in [5.41, 5.74) is 2.69. The molecule has 0 aromatic carbocycles. The van der Waals surface area contributed by atoms with Gasteiger partial charge >= 0.3 is 0 Å². The Hall–Kier alpha value is -0.830. The van der Waals surface area contributed by atoms with Crippen LogP contribution in [0.2, 0.25) is 0 Å². The molecule has 1 N–H and O–H groups in total. The van der Waals surface area contributed by atoms with Gasteiger partial charge in [-0.1, -0.05) is 6.08 Å². The molecule has 1 amide bonds. The third-order valence-corrected chi connectivity index (χ3v) is 1.38. The number of rotatable bonds is 3. The van der Waals surface area contributed by atoms with Crippen LogP contribution in [-0.2, 0) is 4.79 Å². The summed E-state index contributed by atoms with van der Waals surface area (Å²) in [4.78, 5) is 10.9. The Balaban J connectivity index is 3.75. The minimum Gasteiger partial charge on any atom is -0.285 e. The van der Waals surface area contributed by atoms with Gasteiger partial charge in [-0.15, -0.1) is 0 Å². The molecule has 3 heteroatoms. The van der Waals surface area contributed by atoms with Crippen LogP contribution in [0.3, 0.4) is 0 Å². The van der Waals surface area contributed by atoms with Crippen LogP contribution in [0.15, 0.2) is 12.2 Å². The van der Waals surface area contributed by atoms with E-state index in [1.165, 1.54) is 6.08 Å². The molecule has 64 valence electrons. The Morgan fingerprint density at radius 2 is 2.09 bits per heavy atom. The first kappa shape index (κ1) is 10.2. The fourth-order valence-corrected chi connectivity index (χ4v) is 0.492. The van der Waals surface area contributed by atoms with Crippen molar-refractivity contribution in [2.24, 2.45) is 0 Å². The molecule has 0 atom stereocenters. The molecule has 0 spiro atoms. The summed E-state index contributed by atoms with van der Waals surface area (Å²) in [6.45, 7) is 5.83. The predicted molar refractivity (Wildman–Crippen MR) is 45.9 cm³/mol. The summed E-state index contributed by atoms with van der Waals surface area (Å²) < 4.78 is 0. The summed E-state index contributed by atoms with van der Waals surface area (Å²) in [5.74, 6) is -0.0799. The zero-order valence-electron chi connectivity index (χ0n) is 7.59. The summed E-state index contributed by atoms with van der Waals surface area (Å²) in [6, 6.07) is 0.323. The zero-order valence-corrected chi connectivity index (χ0v) is 7.59. The lowest BCUT2D eigenvalue weighted by Gasteiger charge is -2.20. The third kappa shape index (κ3) is 4.56. The molecule has 0 aliphatic carbocycles. The third-order valence-electron chi connectivity index (χ3n) is 1.38. The van der Waals surface area contributed by atoms with Crippen LogP contribution in [0, 0.1) is 0 Å². The minimum absolute atomic E-state index is 0.0799. The van der Waals surface area contributed by atoms with E-state index in [9.17, 15) is 4.79 Å². The summed E-state index contributed by atoms with van der Waals surface area (Å²) >= 11 is 0. The highest BCUT2D eigenvalue weighted by molar-refractivity contribution is 5.86. The highest BCUT2D eigenvalue weighted by atomic mass is 16.2. The van der Waals surface area contributed by atoms with E-state index in [2.05, 4.69) is 5.43 Å². The van der Waals surface area contributed by atoms with Gasteiger partial charge in [-0.25, -0.2) is 5.01 Å². The van der Waals surface area contributed by atoms with Gasteiger partial charge in [-0.2, -0.15) is 0 Å². The molecule has 11 heavy (non-hydrogen) atoms. The molecule has 0 unspecified atom stereocenters. The number of hydrogen-bond acceptors (Lipinski definition) is 2. The number of nitrogens with zero attached hydrogens (tertiary/aromatic N) is 1. The molecular formula is C8H16N2O. The van der Waals surface area contributed by atoms with Crippen molar-refractivity contribution in [3.63, 3.8) is 0 Å². The summed E-state index contributed by atoms with van der Waals surface area (Å²) in [5, 5.41) is 1.77. The molecule has 0 aliphatic heterocycles. The topological polar surface area (TPSA) is 32.3 Å². The Kier molecular flexibility index (Phi) is 4.54. The Morgan fingerprint density at radius 1 is 1.55 bits per heavy atom. The maximum atomic E-state index is 10.9. The molecule has 0 aromatic heterocycles. The lowest BCUT2D eigenvalue weighted by atomic mass is 10.4. The largest absolute Gasteiger partial charge is 0.285 e. The molecule has 0 bridgehead atoms. The highest BCUT2D eigenvalue weighted by Gasteiger charge is 2.03. The number of carbonyl (C=O) groups is 1. The molecule has 0 rings (SSSR count). The molecule has 0 fully saturated rings. The van der Waals surface area contributed by atoms with Gasteiger partial charge in [0.05, 0.1) is 0 Å². The smallest absolute Gasteiger partial charge is 0.257 e. The van der Waals surface area contributed by atoms with E-state index >= 15 is 0 Å². The fraction of sp³-hybridized carbons (Fsp3) is 0.625. The van der Waals surface area contributed by atoms with Crippen LogP contribution < -0.4 is 5.43 Å². The Labute approximate surface area is 68.0 Å². The van der Waals surface area contributed by atoms with Gasteiger partial charge in [0, 0.05) is 13.1 Å². The Bertz CT molecular complexity index is 152. The predicted octanol–water partition coefficient (Wildman–Crippen LogP) is 0.934. The van der Waals surface area contributed by atoms with E-state index in [1.54, 1.807) is 11.1 Å². The molecule has 0 aromatic rings. The molecule has 0 saturated carbocycles. The first-order chi connectivity index (χ1) is 5.07. The quantitative estimate of drug-likeness (QED) is 0.487. The average molecular weight is 156 g/mol. The van der Waals surface area contributed by atoms with Crippen molar-refractivity contribution >= 4 is 5.91 Å². The van der Waals surface area contributed by atoms with Crippen molar-refractivity contribution in [1.29, 1.82) is 0 Å². The number of hydrogen-bond donors (Lipinski definition) is 1. The fourth-order valence-electron chi connectivity index (χ4n) is 0.492. The van der Waals surface area contributed by atoms with Crippen LogP contribution >= 0.6 is 0 Å². The van der Waals surface area contributed by atoms with E-state index in [1.807, 2.05) is 27.8 Å². The van der Waals surface area contributed by atoms with E-state index in [0.29, 0.717) is 6.04 Å². The zero-order chi connectivity index (χ0) is 8.85. The first-order valence-electron chi connectivity index (χ1n) is 3.74. The number of hydrazine groups is 1. The molecule has 3 nitrogen and oxygen atoms in total. The van der Waals surface area contributed by atoms with Gasteiger partial charge in [0.15, 0.2) is 0 Å². The normalized spacial score (nSPS) is 11.5. The lowest BCUT2D eigenvalue weighted by Crippen LogP contribution is -2.42. The molecule has 0 radical (unpaired) electrons. The summed E-state index contributed by atoms with van der Waals surface area (Å²) in [7, 11) is 1.84. The van der Waals surface area contributed by atoms with Gasteiger partial charge in [-0.05, 0) is 26.8 Å². The number of carbonyl (C=O) groups excluding carboxylic acids is 1. The minimum atomic E-state index is -0.0799. The maximum absolute atomic E-state index is 10.9. The molecule has 0 heterocycles. The maximum Gasteiger partial charge on any atom is 0.257 e. The van der Waals surface area contributed by atoms with Crippen molar-refractivity contribution in [2.45, 2.75) is 26.8 Å². The van der Waals surface area contributed by atoms with Crippen molar-refractivity contribution in [2.75, 3.05) is 7.05 Å². The second-order valence-corrected chi connectivity index (χ2v) is 2.68. The highest BCUT2D eigenvalue weighted by Crippen LogP contribution is 1.87. The van der Waals surface area contributed by atoms with Crippen molar-refractivity contribution in [3.05, 3.63) is 12.2 Å². The van der Waals surface area contributed by atoms with Crippen molar-refractivity contribution in [3.8, 4) is 0 Å². The van der Waals surface area contributed by atoms with Gasteiger partial charge in [-0.3, -0.25) is 10.2 Å². The van der Waals surface area contributed by atoms with E-state index < -0.39 is 0 Å². The number of nitrogens with one attached hydrogen (secondary N) is 1.